The summed E-state index contributed by atoms with van der Waals surface area (Å²) in [6, 6.07) is 6.63. The van der Waals surface area contributed by atoms with E-state index in [0.29, 0.717) is 12.5 Å². The van der Waals surface area contributed by atoms with Crippen molar-refractivity contribution in [3.8, 4) is 0 Å². The van der Waals surface area contributed by atoms with Gasteiger partial charge in [-0.1, -0.05) is 26.0 Å². The highest BCUT2D eigenvalue weighted by atomic mass is 19.1. The number of nitrogens with zero attached hydrogens (tertiary/aromatic N) is 2. The molecule has 4 nitrogen and oxygen atoms in total. The number of halogens is 1. The van der Waals surface area contributed by atoms with Crippen LogP contribution in [0, 0.1) is 11.7 Å². The van der Waals surface area contributed by atoms with Crippen molar-refractivity contribution in [3.63, 3.8) is 0 Å². The summed E-state index contributed by atoms with van der Waals surface area (Å²) in [5.41, 5.74) is 0.922. The lowest BCUT2D eigenvalue weighted by atomic mass is 10.2. The number of hydrogen-bond donors (Lipinski definition) is 1. The summed E-state index contributed by atoms with van der Waals surface area (Å²) in [7, 11) is 3.69. The second-order valence-electron chi connectivity index (χ2n) is 5.78. The van der Waals surface area contributed by atoms with Crippen LogP contribution in [0.1, 0.15) is 25.8 Å². The van der Waals surface area contributed by atoms with Gasteiger partial charge in [0.05, 0.1) is 0 Å². The zero-order chi connectivity index (χ0) is 16.4. The molecule has 0 heterocycles. The number of guanidine groups is 1. The summed E-state index contributed by atoms with van der Waals surface area (Å²) in [4.78, 5) is 6.23. The number of nitrogens with one attached hydrogen (secondary N) is 1. The van der Waals surface area contributed by atoms with Crippen LogP contribution in [0.15, 0.2) is 29.3 Å². The van der Waals surface area contributed by atoms with Gasteiger partial charge in [0.15, 0.2) is 5.96 Å². The summed E-state index contributed by atoms with van der Waals surface area (Å²) in [6.45, 7) is 7.24. The third-order valence-electron chi connectivity index (χ3n) is 3.08. The molecule has 5 heteroatoms. The Balaban J connectivity index is 2.31. The lowest BCUT2D eigenvalue weighted by Gasteiger charge is -2.22. The van der Waals surface area contributed by atoms with Crippen LogP contribution in [0.25, 0.3) is 0 Å². The fraction of sp³-hybridized carbons (Fsp3) is 0.588. The average Bonchev–Trinajstić information content (AvgIpc) is 2.46. The Hall–Kier alpha value is -1.62. The molecular weight excluding hydrogens is 281 g/mol. The monoisotopic (exact) mass is 309 g/mol. The Bertz CT molecular complexity index is 463. The van der Waals surface area contributed by atoms with Crippen LogP contribution >= 0.6 is 0 Å². The SMILES string of the molecule is CN=C(NCCCOCC(C)C)N(C)Cc1cccc(F)c1. The number of rotatable bonds is 8. The first-order valence-corrected chi connectivity index (χ1v) is 7.77. The minimum atomic E-state index is -0.212. The molecule has 0 saturated carbocycles. The smallest absolute Gasteiger partial charge is 0.193 e. The van der Waals surface area contributed by atoms with Gasteiger partial charge in [0.1, 0.15) is 5.82 Å². The lowest BCUT2D eigenvalue weighted by Crippen LogP contribution is -2.39. The summed E-state index contributed by atoms with van der Waals surface area (Å²) in [5, 5.41) is 3.29. The Morgan fingerprint density at radius 2 is 2.18 bits per heavy atom. The van der Waals surface area contributed by atoms with Crippen LogP contribution in [-0.4, -0.2) is 44.7 Å². The van der Waals surface area contributed by atoms with Gasteiger partial charge >= 0.3 is 0 Å². The van der Waals surface area contributed by atoms with Gasteiger partial charge in [-0.2, -0.15) is 0 Å². The average molecular weight is 309 g/mol. The standard InChI is InChI=1S/C17H28FN3O/c1-14(2)13-22-10-6-9-20-17(19-3)21(4)12-15-7-5-8-16(18)11-15/h5,7-8,11,14H,6,9-10,12-13H2,1-4H3,(H,19,20). The van der Waals surface area contributed by atoms with E-state index in [4.69, 9.17) is 4.74 Å². The van der Waals surface area contributed by atoms with Crippen LogP contribution in [-0.2, 0) is 11.3 Å². The molecule has 0 atom stereocenters. The molecular formula is C17H28FN3O. The maximum absolute atomic E-state index is 13.2. The molecule has 0 bridgehead atoms. The topological polar surface area (TPSA) is 36.9 Å². The minimum Gasteiger partial charge on any atom is -0.381 e. The number of ether oxygens (including phenoxy) is 1. The highest BCUT2D eigenvalue weighted by Gasteiger charge is 2.06. The molecule has 0 amide bonds. The molecule has 0 aliphatic carbocycles. The van der Waals surface area contributed by atoms with E-state index in [-0.39, 0.29) is 5.82 Å². The molecule has 1 rings (SSSR count). The fourth-order valence-electron chi connectivity index (χ4n) is 2.06. The van der Waals surface area contributed by atoms with Crippen molar-refractivity contribution in [2.45, 2.75) is 26.8 Å². The van der Waals surface area contributed by atoms with Crippen LogP contribution in [0.3, 0.4) is 0 Å². The largest absolute Gasteiger partial charge is 0.381 e. The van der Waals surface area contributed by atoms with Gasteiger partial charge in [-0.05, 0) is 30.0 Å². The fourth-order valence-corrected chi connectivity index (χ4v) is 2.06. The van der Waals surface area contributed by atoms with Gasteiger partial charge in [0.25, 0.3) is 0 Å². The van der Waals surface area contributed by atoms with Crippen molar-refractivity contribution in [1.82, 2.24) is 10.2 Å². The quantitative estimate of drug-likeness (QED) is 0.456. The van der Waals surface area contributed by atoms with Gasteiger partial charge in [-0.15, -0.1) is 0 Å². The van der Waals surface area contributed by atoms with Gasteiger partial charge in [0.2, 0.25) is 0 Å². The second kappa shape index (κ2) is 10.2. The van der Waals surface area contributed by atoms with E-state index in [1.807, 2.05) is 18.0 Å². The summed E-state index contributed by atoms with van der Waals surface area (Å²) < 4.78 is 18.7. The molecule has 0 saturated heterocycles. The highest BCUT2D eigenvalue weighted by Crippen LogP contribution is 2.06. The molecule has 0 spiro atoms. The summed E-state index contributed by atoms with van der Waals surface area (Å²) in [6.07, 6.45) is 0.930. The maximum atomic E-state index is 13.2. The van der Waals surface area contributed by atoms with Crippen molar-refractivity contribution in [1.29, 1.82) is 0 Å². The van der Waals surface area contributed by atoms with Gasteiger partial charge in [-0.3, -0.25) is 4.99 Å². The van der Waals surface area contributed by atoms with E-state index >= 15 is 0 Å². The molecule has 0 aliphatic rings. The Morgan fingerprint density at radius 1 is 1.41 bits per heavy atom. The van der Waals surface area contributed by atoms with Gasteiger partial charge < -0.3 is 15.0 Å². The lowest BCUT2D eigenvalue weighted by molar-refractivity contribution is 0.108. The van der Waals surface area contributed by atoms with Crippen molar-refractivity contribution < 1.29 is 9.13 Å². The molecule has 0 fully saturated rings. The van der Waals surface area contributed by atoms with E-state index in [1.54, 1.807) is 19.2 Å². The first-order chi connectivity index (χ1) is 10.5. The van der Waals surface area contributed by atoms with Crippen LogP contribution in [0.2, 0.25) is 0 Å². The molecule has 0 radical (unpaired) electrons. The van der Waals surface area contributed by atoms with E-state index in [9.17, 15) is 4.39 Å². The van der Waals surface area contributed by atoms with Crippen LogP contribution in [0.4, 0.5) is 4.39 Å². The highest BCUT2D eigenvalue weighted by molar-refractivity contribution is 5.79. The molecule has 1 N–H and O–H groups in total. The van der Waals surface area contributed by atoms with Crippen molar-refractivity contribution >= 4 is 5.96 Å². The molecule has 22 heavy (non-hydrogen) atoms. The Morgan fingerprint density at radius 3 is 2.82 bits per heavy atom. The zero-order valence-electron chi connectivity index (χ0n) is 14.1. The van der Waals surface area contributed by atoms with Gasteiger partial charge in [0, 0.05) is 40.4 Å². The van der Waals surface area contributed by atoms with Crippen molar-refractivity contribution in [2.24, 2.45) is 10.9 Å². The second-order valence-corrected chi connectivity index (χ2v) is 5.78. The van der Waals surface area contributed by atoms with Crippen LogP contribution < -0.4 is 5.32 Å². The normalized spacial score (nSPS) is 11.8. The van der Waals surface area contributed by atoms with E-state index in [0.717, 1.165) is 37.7 Å². The first-order valence-electron chi connectivity index (χ1n) is 7.77. The number of aliphatic imine (C=N–C) groups is 1. The van der Waals surface area contributed by atoms with Crippen molar-refractivity contribution in [3.05, 3.63) is 35.6 Å². The number of hydrogen-bond acceptors (Lipinski definition) is 2. The summed E-state index contributed by atoms with van der Waals surface area (Å²) in [5.74, 6) is 1.15. The predicted molar refractivity (Wildman–Crippen MR) is 89.5 cm³/mol. The molecule has 124 valence electrons. The molecule has 0 aliphatic heterocycles. The maximum Gasteiger partial charge on any atom is 0.193 e. The Labute approximate surface area is 133 Å². The van der Waals surface area contributed by atoms with E-state index in [2.05, 4.69) is 24.2 Å². The first kappa shape index (κ1) is 18.4. The minimum absolute atomic E-state index is 0.212. The zero-order valence-corrected chi connectivity index (χ0v) is 14.1. The van der Waals surface area contributed by atoms with E-state index < -0.39 is 0 Å². The van der Waals surface area contributed by atoms with Gasteiger partial charge in [-0.25, -0.2) is 4.39 Å². The summed E-state index contributed by atoms with van der Waals surface area (Å²) >= 11 is 0. The third-order valence-corrected chi connectivity index (χ3v) is 3.08. The van der Waals surface area contributed by atoms with Crippen LogP contribution in [0.5, 0.6) is 0 Å². The van der Waals surface area contributed by atoms with E-state index in [1.165, 1.54) is 6.07 Å². The predicted octanol–water partition coefficient (Wildman–Crippen LogP) is 2.90. The van der Waals surface area contributed by atoms with Crippen molar-refractivity contribution in [2.75, 3.05) is 33.9 Å². The molecule has 1 aromatic carbocycles. The molecule has 1 aromatic rings. The molecule has 0 aromatic heterocycles. The number of benzene rings is 1. The third kappa shape index (κ3) is 7.41. The molecule has 0 unspecified atom stereocenters. The Kier molecular flexibility index (Phi) is 8.51.